The van der Waals surface area contributed by atoms with Gasteiger partial charge < -0.3 is 5.32 Å². The van der Waals surface area contributed by atoms with E-state index in [1.165, 1.54) is 0 Å². The van der Waals surface area contributed by atoms with Crippen molar-refractivity contribution in [3.05, 3.63) is 52.3 Å². The standard InChI is InChI=1S/C14H16BrN7O/c1-10-11(7-20(2)18-10)5-16-14(23)13-3-4-21(19-13)9-22-8-12(15)6-17-22/h3-4,6-8H,5,9H2,1-2H3,(H,16,23). The van der Waals surface area contributed by atoms with Gasteiger partial charge in [0.15, 0.2) is 0 Å². The first-order valence-corrected chi connectivity index (χ1v) is 7.79. The second kappa shape index (κ2) is 6.37. The number of nitrogens with zero attached hydrogens (tertiary/aromatic N) is 6. The van der Waals surface area contributed by atoms with Crippen LogP contribution in [0.2, 0.25) is 0 Å². The van der Waals surface area contributed by atoms with Gasteiger partial charge in [-0.1, -0.05) is 0 Å². The molecule has 8 nitrogen and oxygen atoms in total. The first-order valence-electron chi connectivity index (χ1n) is 7.00. The van der Waals surface area contributed by atoms with Crippen LogP contribution >= 0.6 is 15.9 Å². The summed E-state index contributed by atoms with van der Waals surface area (Å²) in [6.07, 6.45) is 7.18. The minimum atomic E-state index is -0.214. The number of halogens is 1. The van der Waals surface area contributed by atoms with Gasteiger partial charge >= 0.3 is 0 Å². The predicted octanol–water partition coefficient (Wildman–Crippen LogP) is 1.32. The number of aryl methyl sites for hydroxylation is 2. The molecule has 120 valence electrons. The van der Waals surface area contributed by atoms with Crippen LogP contribution in [0.1, 0.15) is 21.7 Å². The molecule has 0 spiro atoms. The first-order chi connectivity index (χ1) is 11.0. The minimum absolute atomic E-state index is 0.214. The van der Waals surface area contributed by atoms with Gasteiger partial charge in [-0.05, 0) is 28.9 Å². The van der Waals surface area contributed by atoms with E-state index < -0.39 is 0 Å². The molecule has 23 heavy (non-hydrogen) atoms. The molecule has 0 atom stereocenters. The maximum absolute atomic E-state index is 12.2. The highest BCUT2D eigenvalue weighted by Crippen LogP contribution is 2.07. The van der Waals surface area contributed by atoms with Gasteiger partial charge in [-0.3, -0.25) is 14.2 Å². The molecule has 0 saturated heterocycles. The fourth-order valence-electron chi connectivity index (χ4n) is 2.21. The van der Waals surface area contributed by atoms with Gasteiger partial charge in [0.2, 0.25) is 0 Å². The zero-order chi connectivity index (χ0) is 16.4. The summed E-state index contributed by atoms with van der Waals surface area (Å²) in [5, 5.41) is 15.5. The van der Waals surface area contributed by atoms with Crippen LogP contribution in [0.15, 0.2) is 35.3 Å². The van der Waals surface area contributed by atoms with E-state index in [0.29, 0.717) is 18.9 Å². The first kappa shape index (κ1) is 15.5. The zero-order valence-corrected chi connectivity index (χ0v) is 14.4. The molecule has 1 N–H and O–H groups in total. The summed E-state index contributed by atoms with van der Waals surface area (Å²) in [7, 11) is 1.85. The van der Waals surface area contributed by atoms with Crippen LogP contribution in [0.25, 0.3) is 0 Å². The Morgan fingerprint density at radius 1 is 1.30 bits per heavy atom. The van der Waals surface area contributed by atoms with Crippen LogP contribution in [-0.4, -0.2) is 35.2 Å². The number of nitrogens with one attached hydrogen (secondary N) is 1. The summed E-state index contributed by atoms with van der Waals surface area (Å²) in [4.78, 5) is 12.2. The molecule has 0 fully saturated rings. The van der Waals surface area contributed by atoms with Crippen LogP contribution in [0, 0.1) is 6.92 Å². The monoisotopic (exact) mass is 377 g/mol. The smallest absolute Gasteiger partial charge is 0.272 e. The number of hydrogen-bond donors (Lipinski definition) is 1. The molecule has 0 radical (unpaired) electrons. The van der Waals surface area contributed by atoms with E-state index in [0.717, 1.165) is 15.7 Å². The molecule has 0 aliphatic carbocycles. The van der Waals surface area contributed by atoms with Crippen molar-refractivity contribution in [2.75, 3.05) is 0 Å². The Morgan fingerprint density at radius 3 is 2.78 bits per heavy atom. The Morgan fingerprint density at radius 2 is 2.13 bits per heavy atom. The van der Waals surface area contributed by atoms with E-state index in [1.54, 1.807) is 32.5 Å². The van der Waals surface area contributed by atoms with Crippen LogP contribution in [0.3, 0.4) is 0 Å². The summed E-state index contributed by atoms with van der Waals surface area (Å²) in [5.41, 5.74) is 2.27. The summed E-state index contributed by atoms with van der Waals surface area (Å²) in [6.45, 7) is 2.79. The van der Waals surface area contributed by atoms with Gasteiger partial charge in [0.05, 0.1) is 16.4 Å². The minimum Gasteiger partial charge on any atom is -0.346 e. The Balaban J connectivity index is 1.61. The molecule has 0 saturated carbocycles. The van der Waals surface area contributed by atoms with Crippen molar-refractivity contribution in [3.63, 3.8) is 0 Å². The maximum Gasteiger partial charge on any atom is 0.272 e. The number of rotatable bonds is 5. The Hall–Kier alpha value is -2.42. The summed E-state index contributed by atoms with van der Waals surface area (Å²) < 4.78 is 6.00. The van der Waals surface area contributed by atoms with Gasteiger partial charge in [-0.2, -0.15) is 15.3 Å². The molecular weight excluding hydrogens is 362 g/mol. The molecule has 0 unspecified atom stereocenters. The van der Waals surface area contributed by atoms with Gasteiger partial charge in [-0.15, -0.1) is 0 Å². The molecular formula is C14H16BrN7O. The third-order valence-electron chi connectivity index (χ3n) is 3.32. The SMILES string of the molecule is Cc1nn(C)cc1CNC(=O)c1ccn(Cn2cc(Br)cn2)n1. The summed E-state index contributed by atoms with van der Waals surface area (Å²) in [6, 6.07) is 1.68. The van der Waals surface area contributed by atoms with E-state index >= 15 is 0 Å². The molecule has 9 heteroatoms. The van der Waals surface area contributed by atoms with E-state index in [9.17, 15) is 4.79 Å². The van der Waals surface area contributed by atoms with E-state index in [4.69, 9.17) is 0 Å². The number of hydrogen-bond acceptors (Lipinski definition) is 4. The molecule has 0 bridgehead atoms. The molecule has 3 aromatic rings. The van der Waals surface area contributed by atoms with Crippen molar-refractivity contribution in [3.8, 4) is 0 Å². The fourth-order valence-corrected chi connectivity index (χ4v) is 2.54. The third kappa shape index (κ3) is 3.67. The molecule has 3 rings (SSSR count). The Kier molecular flexibility index (Phi) is 4.28. The van der Waals surface area contributed by atoms with Crippen molar-refractivity contribution >= 4 is 21.8 Å². The number of carbonyl (C=O) groups is 1. The summed E-state index contributed by atoms with van der Waals surface area (Å²) >= 11 is 3.34. The molecule has 0 aliphatic rings. The van der Waals surface area contributed by atoms with Crippen molar-refractivity contribution in [2.24, 2.45) is 7.05 Å². The third-order valence-corrected chi connectivity index (χ3v) is 3.73. The number of carbonyl (C=O) groups excluding carboxylic acids is 1. The lowest BCUT2D eigenvalue weighted by Gasteiger charge is -2.03. The lowest BCUT2D eigenvalue weighted by molar-refractivity contribution is 0.0945. The summed E-state index contributed by atoms with van der Waals surface area (Å²) in [5.74, 6) is -0.214. The van der Waals surface area contributed by atoms with E-state index in [1.807, 2.05) is 26.4 Å². The van der Waals surface area contributed by atoms with Crippen molar-refractivity contribution in [1.82, 2.24) is 34.7 Å². The normalized spacial score (nSPS) is 10.9. The van der Waals surface area contributed by atoms with Gasteiger partial charge in [-0.25, -0.2) is 4.68 Å². The van der Waals surface area contributed by atoms with Crippen LogP contribution in [0.4, 0.5) is 0 Å². The highest BCUT2D eigenvalue weighted by molar-refractivity contribution is 9.10. The predicted molar refractivity (Wildman–Crippen MR) is 86.7 cm³/mol. The molecule has 0 aromatic carbocycles. The lowest BCUT2D eigenvalue weighted by atomic mass is 10.2. The zero-order valence-electron chi connectivity index (χ0n) is 12.8. The topological polar surface area (TPSA) is 82.6 Å². The van der Waals surface area contributed by atoms with Gasteiger partial charge in [0.25, 0.3) is 5.91 Å². The van der Waals surface area contributed by atoms with Crippen molar-refractivity contribution in [2.45, 2.75) is 20.1 Å². The largest absolute Gasteiger partial charge is 0.346 e. The highest BCUT2D eigenvalue weighted by Gasteiger charge is 2.11. The molecule has 1 amide bonds. The van der Waals surface area contributed by atoms with Crippen LogP contribution in [-0.2, 0) is 20.3 Å². The van der Waals surface area contributed by atoms with Crippen LogP contribution < -0.4 is 5.32 Å². The van der Waals surface area contributed by atoms with E-state index in [-0.39, 0.29) is 5.91 Å². The second-order valence-electron chi connectivity index (χ2n) is 5.18. The molecule has 3 heterocycles. The lowest BCUT2D eigenvalue weighted by Crippen LogP contribution is -2.24. The van der Waals surface area contributed by atoms with Gasteiger partial charge in [0, 0.05) is 37.7 Å². The Labute approximate surface area is 141 Å². The molecule has 0 aliphatic heterocycles. The maximum atomic E-state index is 12.2. The van der Waals surface area contributed by atoms with E-state index in [2.05, 4.69) is 36.5 Å². The fraction of sp³-hybridized carbons (Fsp3) is 0.286. The quantitative estimate of drug-likeness (QED) is 0.726. The average Bonchev–Trinajstić information content (AvgIpc) is 3.19. The highest BCUT2D eigenvalue weighted by atomic mass is 79.9. The number of amides is 1. The second-order valence-corrected chi connectivity index (χ2v) is 6.09. The Bertz CT molecular complexity index is 832. The molecule has 3 aromatic heterocycles. The van der Waals surface area contributed by atoms with Gasteiger partial charge in [0.1, 0.15) is 12.4 Å². The van der Waals surface area contributed by atoms with Crippen molar-refractivity contribution < 1.29 is 4.79 Å². The average molecular weight is 378 g/mol. The number of aromatic nitrogens is 6. The van der Waals surface area contributed by atoms with Crippen LogP contribution in [0.5, 0.6) is 0 Å². The van der Waals surface area contributed by atoms with Crippen molar-refractivity contribution in [1.29, 1.82) is 0 Å².